The van der Waals surface area contributed by atoms with E-state index in [0.717, 1.165) is 45.1 Å². The number of primary amides is 1. The monoisotopic (exact) mass is 256 g/mol. The summed E-state index contributed by atoms with van der Waals surface area (Å²) in [6.45, 7) is 2.83. The molecule has 2 N–H and O–H groups in total. The van der Waals surface area contributed by atoms with Crippen molar-refractivity contribution in [1.82, 2.24) is 4.90 Å². The second-order valence-electron chi connectivity index (χ2n) is 4.83. The lowest BCUT2D eigenvalue weighted by Gasteiger charge is -2.38. The first-order valence-electron chi connectivity index (χ1n) is 6.74. The van der Waals surface area contributed by atoms with E-state index >= 15 is 0 Å². The molecule has 104 valence electrons. The van der Waals surface area contributed by atoms with E-state index in [1.54, 1.807) is 0 Å². The Labute approximate surface area is 109 Å². The Kier molecular flexibility index (Phi) is 6.12. The standard InChI is InChI=1S/C13H24N2O3/c1-3-4-7-11(13(17)18-2)15-9-6-5-8-10(15)12(14)16/h10-11H,3-9H2,1-2H3,(H2,14,16). The zero-order valence-electron chi connectivity index (χ0n) is 11.4. The van der Waals surface area contributed by atoms with Crippen molar-refractivity contribution in [3.8, 4) is 0 Å². The van der Waals surface area contributed by atoms with Crippen molar-refractivity contribution in [2.45, 2.75) is 57.5 Å². The first-order valence-corrected chi connectivity index (χ1v) is 6.74. The molecule has 1 fully saturated rings. The summed E-state index contributed by atoms with van der Waals surface area (Å²) in [6.07, 6.45) is 5.43. The molecule has 2 atom stereocenters. The lowest BCUT2D eigenvalue weighted by atomic mass is 9.97. The van der Waals surface area contributed by atoms with Gasteiger partial charge in [0, 0.05) is 0 Å². The summed E-state index contributed by atoms with van der Waals surface area (Å²) in [6, 6.07) is -0.646. The molecule has 5 heteroatoms. The van der Waals surface area contributed by atoms with E-state index in [0.29, 0.717) is 0 Å². The number of unbranched alkanes of at least 4 members (excludes halogenated alkanes) is 1. The zero-order chi connectivity index (χ0) is 13.5. The molecule has 5 nitrogen and oxygen atoms in total. The van der Waals surface area contributed by atoms with E-state index < -0.39 is 0 Å². The molecule has 0 aromatic heterocycles. The summed E-state index contributed by atoms with van der Waals surface area (Å²) in [5.74, 6) is -0.586. The first kappa shape index (κ1) is 15.0. The van der Waals surface area contributed by atoms with Gasteiger partial charge in [-0.2, -0.15) is 0 Å². The third-order valence-electron chi connectivity index (χ3n) is 3.58. The van der Waals surface area contributed by atoms with Crippen molar-refractivity contribution in [2.24, 2.45) is 5.73 Å². The number of nitrogens with two attached hydrogens (primary N) is 1. The number of nitrogens with zero attached hydrogens (tertiary/aromatic N) is 1. The van der Waals surface area contributed by atoms with Crippen LogP contribution in [0.3, 0.4) is 0 Å². The molecule has 0 saturated carbocycles. The minimum absolute atomic E-state index is 0.253. The second-order valence-corrected chi connectivity index (χ2v) is 4.83. The number of carbonyl (C=O) groups excluding carboxylic acids is 2. The van der Waals surface area contributed by atoms with Gasteiger partial charge in [0.25, 0.3) is 0 Å². The van der Waals surface area contributed by atoms with Crippen molar-refractivity contribution in [3.63, 3.8) is 0 Å². The third kappa shape index (κ3) is 3.70. The van der Waals surface area contributed by atoms with Gasteiger partial charge in [-0.15, -0.1) is 0 Å². The topological polar surface area (TPSA) is 72.6 Å². The van der Waals surface area contributed by atoms with E-state index in [1.165, 1.54) is 7.11 Å². The quantitative estimate of drug-likeness (QED) is 0.721. The summed E-state index contributed by atoms with van der Waals surface area (Å²) in [4.78, 5) is 25.3. The highest BCUT2D eigenvalue weighted by molar-refractivity contribution is 5.82. The van der Waals surface area contributed by atoms with Crippen LogP contribution in [-0.4, -0.2) is 42.5 Å². The number of carbonyl (C=O) groups is 2. The van der Waals surface area contributed by atoms with E-state index in [2.05, 4.69) is 6.92 Å². The first-order chi connectivity index (χ1) is 8.61. The zero-order valence-corrected chi connectivity index (χ0v) is 11.4. The lowest BCUT2D eigenvalue weighted by molar-refractivity contribution is -0.150. The Morgan fingerprint density at radius 1 is 1.44 bits per heavy atom. The maximum Gasteiger partial charge on any atom is 0.323 e. The van der Waals surface area contributed by atoms with Gasteiger partial charge >= 0.3 is 5.97 Å². The molecule has 18 heavy (non-hydrogen) atoms. The summed E-state index contributed by atoms with van der Waals surface area (Å²) < 4.78 is 4.86. The molecule has 1 heterocycles. The molecule has 1 saturated heterocycles. The molecule has 0 bridgehead atoms. The number of hydrogen-bond acceptors (Lipinski definition) is 4. The molecule has 2 unspecified atom stereocenters. The number of hydrogen-bond donors (Lipinski definition) is 1. The Hall–Kier alpha value is -1.10. The normalized spacial score (nSPS) is 22.4. The predicted molar refractivity (Wildman–Crippen MR) is 68.9 cm³/mol. The van der Waals surface area contributed by atoms with Crippen LogP contribution in [0.25, 0.3) is 0 Å². The summed E-state index contributed by atoms with van der Waals surface area (Å²) >= 11 is 0. The van der Waals surface area contributed by atoms with Crippen molar-refractivity contribution < 1.29 is 14.3 Å². The number of esters is 1. The van der Waals surface area contributed by atoms with Gasteiger partial charge in [-0.25, -0.2) is 0 Å². The highest BCUT2D eigenvalue weighted by atomic mass is 16.5. The average molecular weight is 256 g/mol. The fourth-order valence-electron chi connectivity index (χ4n) is 2.59. The van der Waals surface area contributed by atoms with E-state index in [4.69, 9.17) is 10.5 Å². The molecule has 0 radical (unpaired) electrons. The largest absolute Gasteiger partial charge is 0.468 e. The molecule has 0 aromatic carbocycles. The molecule has 1 aliphatic rings. The Balaban J connectivity index is 2.79. The van der Waals surface area contributed by atoms with E-state index in [9.17, 15) is 9.59 Å². The lowest BCUT2D eigenvalue weighted by Crippen LogP contribution is -2.55. The summed E-state index contributed by atoms with van der Waals surface area (Å²) in [5.41, 5.74) is 5.43. The maximum atomic E-state index is 11.9. The molecule has 0 aliphatic carbocycles. The molecule has 0 spiro atoms. The fraction of sp³-hybridized carbons (Fsp3) is 0.846. The molecular formula is C13H24N2O3. The average Bonchev–Trinajstić information content (AvgIpc) is 2.39. The van der Waals surface area contributed by atoms with Crippen LogP contribution >= 0.6 is 0 Å². The Morgan fingerprint density at radius 3 is 2.72 bits per heavy atom. The van der Waals surface area contributed by atoms with Gasteiger partial charge in [0.2, 0.25) is 5.91 Å². The van der Waals surface area contributed by atoms with Crippen LogP contribution in [0.2, 0.25) is 0 Å². The van der Waals surface area contributed by atoms with Crippen LogP contribution < -0.4 is 5.73 Å². The highest BCUT2D eigenvalue weighted by Gasteiger charge is 2.35. The number of piperidine rings is 1. The molecule has 0 aromatic rings. The van der Waals surface area contributed by atoms with Gasteiger partial charge in [-0.3, -0.25) is 14.5 Å². The number of likely N-dealkylation sites (tertiary alicyclic amines) is 1. The van der Waals surface area contributed by atoms with Crippen LogP contribution in [-0.2, 0) is 14.3 Å². The fourth-order valence-corrected chi connectivity index (χ4v) is 2.59. The van der Waals surface area contributed by atoms with Gasteiger partial charge in [-0.1, -0.05) is 26.2 Å². The van der Waals surface area contributed by atoms with E-state index in [-0.39, 0.29) is 24.0 Å². The van der Waals surface area contributed by atoms with Crippen LogP contribution in [0.4, 0.5) is 0 Å². The Morgan fingerprint density at radius 2 is 2.17 bits per heavy atom. The van der Waals surface area contributed by atoms with Crippen LogP contribution in [0, 0.1) is 0 Å². The third-order valence-corrected chi connectivity index (χ3v) is 3.58. The molecule has 1 rings (SSSR count). The summed E-state index contributed by atoms with van der Waals surface area (Å²) in [5, 5.41) is 0. The predicted octanol–water partition coefficient (Wildman–Crippen LogP) is 1.06. The molecule has 1 amide bonds. The van der Waals surface area contributed by atoms with Crippen molar-refractivity contribution in [2.75, 3.05) is 13.7 Å². The summed E-state index contributed by atoms with van der Waals surface area (Å²) in [7, 11) is 1.39. The minimum atomic E-state index is -0.333. The minimum Gasteiger partial charge on any atom is -0.468 e. The Bertz CT molecular complexity index is 294. The number of amides is 1. The molecule has 1 aliphatic heterocycles. The number of methoxy groups -OCH3 is 1. The van der Waals surface area contributed by atoms with Crippen LogP contribution in [0.15, 0.2) is 0 Å². The second kappa shape index (κ2) is 7.36. The van der Waals surface area contributed by atoms with Crippen molar-refractivity contribution >= 4 is 11.9 Å². The van der Waals surface area contributed by atoms with Crippen molar-refractivity contribution in [1.29, 1.82) is 0 Å². The van der Waals surface area contributed by atoms with Gasteiger partial charge in [0.05, 0.1) is 13.2 Å². The van der Waals surface area contributed by atoms with Gasteiger partial charge in [-0.05, 0) is 25.8 Å². The van der Waals surface area contributed by atoms with Crippen molar-refractivity contribution in [3.05, 3.63) is 0 Å². The SMILES string of the molecule is CCCCC(C(=O)OC)N1CCCCC1C(N)=O. The number of ether oxygens (including phenoxy) is 1. The molecular weight excluding hydrogens is 232 g/mol. The van der Waals surface area contributed by atoms with Crippen LogP contribution in [0.5, 0.6) is 0 Å². The maximum absolute atomic E-state index is 11.9. The van der Waals surface area contributed by atoms with Gasteiger partial charge in [0.1, 0.15) is 6.04 Å². The van der Waals surface area contributed by atoms with Gasteiger partial charge < -0.3 is 10.5 Å². The van der Waals surface area contributed by atoms with Crippen LogP contribution in [0.1, 0.15) is 45.4 Å². The highest BCUT2D eigenvalue weighted by Crippen LogP contribution is 2.22. The number of rotatable bonds is 6. The van der Waals surface area contributed by atoms with Gasteiger partial charge in [0.15, 0.2) is 0 Å². The van der Waals surface area contributed by atoms with E-state index in [1.807, 2.05) is 4.90 Å². The smallest absolute Gasteiger partial charge is 0.323 e.